The summed E-state index contributed by atoms with van der Waals surface area (Å²) in [5, 5.41) is 0. The van der Waals surface area contributed by atoms with Gasteiger partial charge in [0.15, 0.2) is 0 Å². The second-order valence-electron chi connectivity index (χ2n) is 8.91. The van der Waals surface area contributed by atoms with Crippen LogP contribution in [0.4, 0.5) is 0 Å². The van der Waals surface area contributed by atoms with Crippen LogP contribution in [0, 0.1) is 22.2 Å². The van der Waals surface area contributed by atoms with Gasteiger partial charge in [-0.15, -0.1) is 0 Å². The van der Waals surface area contributed by atoms with Gasteiger partial charge in [0.25, 0.3) is 0 Å². The monoisotopic (exact) mass is 261 g/mol. The molecular formula is C18H31N. The van der Waals surface area contributed by atoms with Crippen molar-refractivity contribution in [3.05, 3.63) is 12.2 Å². The van der Waals surface area contributed by atoms with Gasteiger partial charge in [0.2, 0.25) is 0 Å². The van der Waals surface area contributed by atoms with E-state index in [1.807, 2.05) is 0 Å². The highest BCUT2D eigenvalue weighted by molar-refractivity contribution is 5.14. The van der Waals surface area contributed by atoms with Gasteiger partial charge in [0.05, 0.1) is 0 Å². The minimum atomic E-state index is 0.349. The largest absolute Gasteiger partial charge is 0.327 e. The first-order valence-electron chi connectivity index (χ1n) is 8.20. The van der Waals surface area contributed by atoms with E-state index in [2.05, 4.69) is 27.4 Å². The SMILES string of the molecule is C=C(CC)CC(N)C12CC3CC(C)(CC(C)(C3)C1)C2. The van der Waals surface area contributed by atoms with Gasteiger partial charge in [-0.1, -0.05) is 32.9 Å². The summed E-state index contributed by atoms with van der Waals surface area (Å²) in [5.74, 6) is 0.951. The molecule has 0 aromatic carbocycles. The van der Waals surface area contributed by atoms with Crippen LogP contribution in [0.15, 0.2) is 12.2 Å². The third kappa shape index (κ3) is 2.18. The molecule has 4 saturated carbocycles. The Hall–Kier alpha value is -0.300. The molecule has 1 nitrogen and oxygen atoms in total. The summed E-state index contributed by atoms with van der Waals surface area (Å²) in [6.45, 7) is 11.5. The van der Waals surface area contributed by atoms with Crippen molar-refractivity contribution in [1.82, 2.24) is 0 Å². The lowest BCUT2D eigenvalue weighted by Gasteiger charge is -2.67. The maximum Gasteiger partial charge on any atom is 0.0133 e. The average molecular weight is 261 g/mol. The van der Waals surface area contributed by atoms with E-state index < -0.39 is 0 Å². The fourth-order valence-electron chi connectivity index (χ4n) is 6.62. The second-order valence-corrected chi connectivity index (χ2v) is 8.91. The minimum absolute atomic E-state index is 0.349. The molecule has 0 aliphatic heterocycles. The van der Waals surface area contributed by atoms with Gasteiger partial charge < -0.3 is 5.73 Å². The van der Waals surface area contributed by atoms with E-state index in [0.29, 0.717) is 22.3 Å². The summed E-state index contributed by atoms with van der Waals surface area (Å²) < 4.78 is 0. The molecular weight excluding hydrogens is 230 g/mol. The van der Waals surface area contributed by atoms with Gasteiger partial charge in [-0.25, -0.2) is 0 Å². The smallest absolute Gasteiger partial charge is 0.0133 e. The van der Waals surface area contributed by atoms with Crippen LogP contribution in [0.5, 0.6) is 0 Å². The van der Waals surface area contributed by atoms with Crippen molar-refractivity contribution < 1.29 is 0 Å². The first-order chi connectivity index (χ1) is 8.78. The Bertz CT molecular complexity index is 378. The molecule has 3 unspecified atom stereocenters. The van der Waals surface area contributed by atoms with Gasteiger partial charge in [-0.2, -0.15) is 0 Å². The van der Waals surface area contributed by atoms with E-state index >= 15 is 0 Å². The summed E-state index contributed by atoms with van der Waals surface area (Å²) in [6, 6.07) is 0.349. The predicted molar refractivity (Wildman–Crippen MR) is 81.9 cm³/mol. The third-order valence-corrected chi connectivity index (χ3v) is 6.46. The van der Waals surface area contributed by atoms with Crippen molar-refractivity contribution in [2.75, 3.05) is 0 Å². The average Bonchev–Trinajstić information content (AvgIpc) is 2.23. The van der Waals surface area contributed by atoms with Crippen LogP contribution in [-0.4, -0.2) is 6.04 Å². The van der Waals surface area contributed by atoms with Crippen molar-refractivity contribution in [2.45, 2.75) is 78.2 Å². The summed E-state index contributed by atoms with van der Waals surface area (Å²) in [5.41, 5.74) is 9.65. The standard InChI is InChI=1S/C18H31N/c1-5-13(2)6-15(19)18-9-14-7-16(3,11-18)10-17(4,8-14)12-18/h14-15H,2,5-12,19H2,1,3-4H3. The lowest BCUT2D eigenvalue weighted by atomic mass is 9.39. The number of hydrogen-bond acceptors (Lipinski definition) is 1. The molecule has 0 heterocycles. The molecule has 4 aliphatic rings. The molecule has 0 aromatic heterocycles. The van der Waals surface area contributed by atoms with E-state index in [4.69, 9.17) is 5.73 Å². The Morgan fingerprint density at radius 1 is 1.16 bits per heavy atom. The van der Waals surface area contributed by atoms with Crippen LogP contribution in [0.2, 0.25) is 0 Å². The topological polar surface area (TPSA) is 26.0 Å². The van der Waals surface area contributed by atoms with E-state index in [9.17, 15) is 0 Å². The number of hydrogen-bond donors (Lipinski definition) is 1. The van der Waals surface area contributed by atoms with Crippen molar-refractivity contribution in [3.63, 3.8) is 0 Å². The van der Waals surface area contributed by atoms with Crippen molar-refractivity contribution >= 4 is 0 Å². The van der Waals surface area contributed by atoms with Crippen LogP contribution in [0.3, 0.4) is 0 Å². The van der Waals surface area contributed by atoms with Crippen molar-refractivity contribution in [2.24, 2.45) is 27.9 Å². The zero-order valence-corrected chi connectivity index (χ0v) is 13.1. The molecule has 4 fully saturated rings. The molecule has 0 amide bonds. The molecule has 0 aromatic rings. The maximum atomic E-state index is 6.71. The summed E-state index contributed by atoms with van der Waals surface area (Å²) in [4.78, 5) is 0. The van der Waals surface area contributed by atoms with Gasteiger partial charge in [0.1, 0.15) is 0 Å². The summed E-state index contributed by atoms with van der Waals surface area (Å²) >= 11 is 0. The van der Waals surface area contributed by atoms with E-state index in [-0.39, 0.29) is 0 Å². The highest BCUT2D eigenvalue weighted by Crippen LogP contribution is 2.70. The second kappa shape index (κ2) is 4.10. The van der Waals surface area contributed by atoms with Gasteiger partial charge >= 0.3 is 0 Å². The highest BCUT2D eigenvalue weighted by atomic mass is 14.8. The number of rotatable bonds is 4. The maximum absolute atomic E-state index is 6.71. The molecule has 0 spiro atoms. The first kappa shape index (κ1) is 13.7. The Morgan fingerprint density at radius 2 is 1.74 bits per heavy atom. The molecule has 2 N–H and O–H groups in total. The van der Waals surface area contributed by atoms with Gasteiger partial charge in [-0.3, -0.25) is 0 Å². The van der Waals surface area contributed by atoms with E-state index in [1.165, 1.54) is 44.1 Å². The lowest BCUT2D eigenvalue weighted by molar-refractivity contribution is -0.153. The zero-order valence-electron chi connectivity index (χ0n) is 13.1. The van der Waals surface area contributed by atoms with E-state index in [1.54, 1.807) is 0 Å². The molecule has 0 radical (unpaired) electrons. The molecule has 1 heteroatoms. The minimum Gasteiger partial charge on any atom is -0.327 e. The molecule has 108 valence electrons. The highest BCUT2D eigenvalue weighted by Gasteiger charge is 2.61. The fourth-order valence-corrected chi connectivity index (χ4v) is 6.62. The van der Waals surface area contributed by atoms with Gasteiger partial charge in [-0.05, 0) is 73.5 Å². The Balaban J connectivity index is 1.86. The summed E-state index contributed by atoms with van der Waals surface area (Å²) in [6.07, 6.45) is 10.7. The fraction of sp³-hybridized carbons (Fsp3) is 0.889. The van der Waals surface area contributed by atoms with E-state index in [0.717, 1.165) is 18.8 Å². The van der Waals surface area contributed by atoms with Crippen LogP contribution in [0.1, 0.15) is 72.1 Å². The van der Waals surface area contributed by atoms with Crippen molar-refractivity contribution in [1.29, 1.82) is 0 Å². The van der Waals surface area contributed by atoms with Crippen molar-refractivity contribution in [3.8, 4) is 0 Å². The Morgan fingerprint density at radius 3 is 2.21 bits per heavy atom. The summed E-state index contributed by atoms with van der Waals surface area (Å²) in [7, 11) is 0. The quantitative estimate of drug-likeness (QED) is 0.731. The normalized spacial score (nSPS) is 49.4. The first-order valence-corrected chi connectivity index (χ1v) is 8.20. The Kier molecular flexibility index (Phi) is 2.95. The molecule has 19 heavy (non-hydrogen) atoms. The van der Waals surface area contributed by atoms with Crippen LogP contribution >= 0.6 is 0 Å². The van der Waals surface area contributed by atoms with Crippen LogP contribution in [-0.2, 0) is 0 Å². The predicted octanol–water partition coefficient (Wildman–Crippen LogP) is 4.67. The third-order valence-electron chi connectivity index (χ3n) is 6.46. The Labute approximate surface area is 119 Å². The molecule has 4 rings (SSSR count). The van der Waals surface area contributed by atoms with Crippen LogP contribution < -0.4 is 5.73 Å². The van der Waals surface area contributed by atoms with Gasteiger partial charge in [0, 0.05) is 6.04 Å². The van der Waals surface area contributed by atoms with Crippen LogP contribution in [0.25, 0.3) is 0 Å². The lowest BCUT2D eigenvalue weighted by Crippen LogP contribution is -2.60. The molecule has 4 bridgehead atoms. The molecule has 0 saturated heterocycles. The number of nitrogens with two attached hydrogens (primary N) is 1. The molecule has 3 atom stereocenters. The molecule has 4 aliphatic carbocycles. The zero-order chi connectivity index (χ0) is 13.9.